The zero-order valence-electron chi connectivity index (χ0n) is 9.60. The first-order chi connectivity index (χ1) is 8.79. The number of thiophene rings is 1. The Bertz CT molecular complexity index is 599. The standard InChI is InChI=1S/C10H11Cl2NO4S2/c11-8-4-7(9(12)18-8)19(16,17)13-6-2-1-5(3-6)10(14)15/h4-6,13H,1-3H2,(H,14,15)/t5-,6+/m1/s1. The highest BCUT2D eigenvalue weighted by molar-refractivity contribution is 7.89. The zero-order chi connectivity index (χ0) is 14.2. The van der Waals surface area contributed by atoms with E-state index in [1.54, 1.807) is 0 Å². The largest absolute Gasteiger partial charge is 0.481 e. The molecule has 1 aliphatic rings. The number of sulfonamides is 1. The van der Waals surface area contributed by atoms with Gasteiger partial charge in [0.1, 0.15) is 9.23 Å². The average molecular weight is 344 g/mol. The van der Waals surface area contributed by atoms with Gasteiger partial charge in [-0.3, -0.25) is 4.79 Å². The molecule has 1 aromatic heterocycles. The van der Waals surface area contributed by atoms with Crippen LogP contribution in [0.15, 0.2) is 11.0 Å². The van der Waals surface area contributed by atoms with E-state index in [1.165, 1.54) is 6.07 Å². The molecule has 0 aliphatic heterocycles. The average Bonchev–Trinajstić information content (AvgIpc) is 2.85. The third kappa shape index (κ3) is 3.41. The lowest BCUT2D eigenvalue weighted by Gasteiger charge is -2.12. The molecular formula is C10H11Cl2NO4S2. The minimum Gasteiger partial charge on any atom is -0.481 e. The van der Waals surface area contributed by atoms with Gasteiger partial charge < -0.3 is 5.11 Å². The number of carboxylic acid groups (broad SMARTS) is 1. The lowest BCUT2D eigenvalue weighted by atomic mass is 10.1. The van der Waals surface area contributed by atoms with Crippen LogP contribution >= 0.6 is 34.5 Å². The van der Waals surface area contributed by atoms with Gasteiger partial charge in [-0.05, 0) is 25.3 Å². The third-order valence-corrected chi connectivity index (χ3v) is 6.29. The van der Waals surface area contributed by atoms with Gasteiger partial charge in [-0.1, -0.05) is 23.2 Å². The highest BCUT2D eigenvalue weighted by Gasteiger charge is 2.33. The monoisotopic (exact) mass is 343 g/mol. The summed E-state index contributed by atoms with van der Waals surface area (Å²) in [6.45, 7) is 0. The van der Waals surface area contributed by atoms with E-state index < -0.39 is 21.9 Å². The van der Waals surface area contributed by atoms with Crippen LogP contribution in [0.1, 0.15) is 19.3 Å². The lowest BCUT2D eigenvalue weighted by molar-refractivity contribution is -0.141. The summed E-state index contributed by atoms with van der Waals surface area (Å²) in [6.07, 6.45) is 1.27. The molecule has 1 aliphatic carbocycles. The van der Waals surface area contributed by atoms with Crippen molar-refractivity contribution in [3.63, 3.8) is 0 Å². The molecule has 0 bridgehead atoms. The van der Waals surface area contributed by atoms with Gasteiger partial charge in [-0.15, -0.1) is 11.3 Å². The number of hydrogen-bond donors (Lipinski definition) is 2. The maximum atomic E-state index is 12.1. The summed E-state index contributed by atoms with van der Waals surface area (Å²) in [5.74, 6) is -1.38. The van der Waals surface area contributed by atoms with E-state index in [4.69, 9.17) is 28.3 Å². The van der Waals surface area contributed by atoms with Crippen LogP contribution in [0.2, 0.25) is 8.67 Å². The fourth-order valence-electron chi connectivity index (χ4n) is 2.10. The van der Waals surface area contributed by atoms with Crippen LogP contribution in [0.4, 0.5) is 0 Å². The van der Waals surface area contributed by atoms with Crippen molar-refractivity contribution in [3.05, 3.63) is 14.7 Å². The molecule has 0 amide bonds. The van der Waals surface area contributed by atoms with E-state index in [-0.39, 0.29) is 15.3 Å². The molecule has 5 nitrogen and oxygen atoms in total. The SMILES string of the molecule is O=C(O)[C@@H]1CC[C@H](NS(=O)(=O)c2cc(Cl)sc2Cl)C1. The van der Waals surface area contributed by atoms with Crippen molar-refractivity contribution in [3.8, 4) is 0 Å². The number of carbonyl (C=O) groups is 1. The smallest absolute Gasteiger partial charge is 0.306 e. The molecule has 0 radical (unpaired) electrons. The second-order valence-corrected chi connectivity index (χ2v) is 8.32. The Labute approximate surface area is 124 Å². The Morgan fingerprint density at radius 3 is 2.58 bits per heavy atom. The number of hydrogen-bond acceptors (Lipinski definition) is 4. The van der Waals surface area contributed by atoms with E-state index in [0.717, 1.165) is 11.3 Å². The number of aliphatic carboxylic acids is 1. The molecule has 0 saturated heterocycles. The third-order valence-electron chi connectivity index (χ3n) is 3.02. The van der Waals surface area contributed by atoms with Gasteiger partial charge in [-0.2, -0.15) is 0 Å². The van der Waals surface area contributed by atoms with Crippen LogP contribution < -0.4 is 4.72 Å². The van der Waals surface area contributed by atoms with E-state index in [1.807, 2.05) is 0 Å². The molecule has 1 aromatic rings. The normalized spacial score (nSPS) is 23.7. The molecule has 1 fully saturated rings. The van der Waals surface area contributed by atoms with Crippen molar-refractivity contribution in [1.29, 1.82) is 0 Å². The minimum absolute atomic E-state index is 0.0528. The topological polar surface area (TPSA) is 83.5 Å². The summed E-state index contributed by atoms with van der Waals surface area (Å²) in [5, 5.41) is 8.88. The van der Waals surface area contributed by atoms with Gasteiger partial charge in [0.15, 0.2) is 0 Å². The molecule has 0 unspecified atom stereocenters. The number of rotatable bonds is 4. The summed E-state index contributed by atoms with van der Waals surface area (Å²) in [6, 6.07) is 0.918. The Balaban J connectivity index is 2.11. The summed E-state index contributed by atoms with van der Waals surface area (Å²) >= 11 is 12.5. The molecule has 2 atom stereocenters. The van der Waals surface area contributed by atoms with E-state index in [9.17, 15) is 13.2 Å². The summed E-state index contributed by atoms with van der Waals surface area (Å²) in [4.78, 5) is 10.8. The van der Waals surface area contributed by atoms with Crippen LogP contribution in [0.25, 0.3) is 0 Å². The van der Waals surface area contributed by atoms with Crippen molar-refractivity contribution in [2.75, 3.05) is 0 Å². The second kappa shape index (κ2) is 5.57. The highest BCUT2D eigenvalue weighted by Crippen LogP contribution is 2.35. The first-order valence-corrected chi connectivity index (χ1v) is 8.55. The summed E-state index contributed by atoms with van der Waals surface area (Å²) in [5.41, 5.74) is 0. The molecule has 106 valence electrons. The fourth-order valence-corrected chi connectivity index (χ4v) is 5.54. The van der Waals surface area contributed by atoms with E-state index in [2.05, 4.69) is 4.72 Å². The molecule has 1 saturated carbocycles. The van der Waals surface area contributed by atoms with Gasteiger partial charge >= 0.3 is 5.97 Å². The maximum Gasteiger partial charge on any atom is 0.306 e. The number of carboxylic acids is 1. The molecule has 9 heteroatoms. The predicted octanol–water partition coefficient (Wildman–Crippen LogP) is 2.59. The quantitative estimate of drug-likeness (QED) is 0.879. The van der Waals surface area contributed by atoms with Crippen molar-refractivity contribution in [2.24, 2.45) is 5.92 Å². The second-order valence-electron chi connectivity index (χ2n) is 4.35. The summed E-state index contributed by atoms with van der Waals surface area (Å²) in [7, 11) is -3.75. The van der Waals surface area contributed by atoms with Crippen molar-refractivity contribution in [2.45, 2.75) is 30.2 Å². The number of nitrogens with one attached hydrogen (secondary N) is 1. The lowest BCUT2D eigenvalue weighted by Crippen LogP contribution is -2.33. The fraction of sp³-hybridized carbons (Fsp3) is 0.500. The van der Waals surface area contributed by atoms with Crippen LogP contribution in [-0.2, 0) is 14.8 Å². The van der Waals surface area contributed by atoms with Crippen LogP contribution in [0, 0.1) is 5.92 Å². The van der Waals surface area contributed by atoms with Gasteiger partial charge in [0.2, 0.25) is 10.0 Å². The minimum atomic E-state index is -3.75. The first kappa shape index (κ1) is 15.1. The summed E-state index contributed by atoms with van der Waals surface area (Å²) < 4.78 is 27.1. The molecule has 2 rings (SSSR count). The van der Waals surface area contributed by atoms with Crippen molar-refractivity contribution in [1.82, 2.24) is 4.72 Å². The molecule has 0 aromatic carbocycles. The Hall–Kier alpha value is -0.340. The van der Waals surface area contributed by atoms with Gasteiger partial charge in [-0.25, -0.2) is 13.1 Å². The Kier molecular flexibility index (Phi) is 4.42. The zero-order valence-corrected chi connectivity index (χ0v) is 12.7. The number of halogens is 2. The van der Waals surface area contributed by atoms with Crippen LogP contribution in [0.3, 0.4) is 0 Å². The Morgan fingerprint density at radius 2 is 2.11 bits per heavy atom. The van der Waals surface area contributed by atoms with Crippen molar-refractivity contribution >= 4 is 50.5 Å². The van der Waals surface area contributed by atoms with E-state index >= 15 is 0 Å². The predicted molar refractivity (Wildman–Crippen MR) is 73.4 cm³/mol. The van der Waals surface area contributed by atoms with Gasteiger partial charge in [0.05, 0.1) is 10.3 Å². The maximum absolute atomic E-state index is 12.1. The highest BCUT2D eigenvalue weighted by atomic mass is 35.5. The molecule has 19 heavy (non-hydrogen) atoms. The van der Waals surface area contributed by atoms with E-state index in [0.29, 0.717) is 23.6 Å². The molecule has 1 heterocycles. The Morgan fingerprint density at radius 1 is 1.42 bits per heavy atom. The molecule has 0 spiro atoms. The molecule has 2 N–H and O–H groups in total. The van der Waals surface area contributed by atoms with Gasteiger partial charge in [0.25, 0.3) is 0 Å². The van der Waals surface area contributed by atoms with Crippen LogP contribution in [-0.4, -0.2) is 25.5 Å². The van der Waals surface area contributed by atoms with Gasteiger partial charge in [0, 0.05) is 6.04 Å². The van der Waals surface area contributed by atoms with Crippen LogP contribution in [0.5, 0.6) is 0 Å². The first-order valence-electron chi connectivity index (χ1n) is 5.49. The van der Waals surface area contributed by atoms with Crippen molar-refractivity contribution < 1.29 is 18.3 Å². The molecular weight excluding hydrogens is 333 g/mol.